The number of fused-ring (bicyclic) bond motifs is 1. The topological polar surface area (TPSA) is 56.0 Å². The van der Waals surface area contributed by atoms with Crippen molar-refractivity contribution in [3.63, 3.8) is 0 Å². The van der Waals surface area contributed by atoms with Crippen LogP contribution in [0.25, 0.3) is 11.1 Å². The Balaban J connectivity index is 2.66. The van der Waals surface area contributed by atoms with Gasteiger partial charge in [0.1, 0.15) is 5.39 Å². The maximum absolute atomic E-state index is 11.5. The Bertz CT molecular complexity index is 505. The maximum atomic E-state index is 11.5. The summed E-state index contributed by atoms with van der Waals surface area (Å²) < 4.78 is 5.36. The second-order valence-corrected chi connectivity index (χ2v) is 3.02. The van der Waals surface area contributed by atoms with Crippen LogP contribution >= 0.6 is 0 Å². The van der Waals surface area contributed by atoms with Gasteiger partial charge in [-0.3, -0.25) is 4.79 Å². The summed E-state index contributed by atoms with van der Waals surface area (Å²) in [6.07, 6.45) is 3.16. The summed E-state index contributed by atoms with van der Waals surface area (Å²) in [7, 11) is 0. The first-order valence-corrected chi connectivity index (χ1v) is 4.56. The van der Waals surface area contributed by atoms with Crippen LogP contribution in [-0.4, -0.2) is 9.97 Å². The van der Waals surface area contributed by atoms with Gasteiger partial charge in [-0.05, 0) is 18.6 Å². The molecule has 0 unspecified atom stereocenters. The van der Waals surface area contributed by atoms with Crippen LogP contribution < -0.4 is 5.56 Å². The van der Waals surface area contributed by atoms with Gasteiger partial charge < -0.3 is 4.42 Å². The molecule has 0 fully saturated rings. The number of hydrogen-bond acceptors (Lipinski definition) is 4. The average molecular weight is 190 g/mol. The fraction of sp³-hybridized carbons (Fsp3) is 0.300. The SMILES string of the molecule is CCCc1nc(=O)c2cccnc2o1. The van der Waals surface area contributed by atoms with E-state index in [9.17, 15) is 4.79 Å². The van der Waals surface area contributed by atoms with Crippen LogP contribution in [0.5, 0.6) is 0 Å². The van der Waals surface area contributed by atoms with Gasteiger partial charge in [0.2, 0.25) is 5.71 Å². The smallest absolute Gasteiger partial charge is 0.285 e. The zero-order valence-corrected chi connectivity index (χ0v) is 7.86. The van der Waals surface area contributed by atoms with Gasteiger partial charge in [-0.1, -0.05) is 6.92 Å². The zero-order chi connectivity index (χ0) is 9.97. The minimum atomic E-state index is -0.261. The predicted octanol–water partition coefficient (Wildman–Crippen LogP) is 1.54. The van der Waals surface area contributed by atoms with Crippen molar-refractivity contribution in [2.45, 2.75) is 19.8 Å². The van der Waals surface area contributed by atoms with Crippen LogP contribution in [0.1, 0.15) is 19.2 Å². The van der Waals surface area contributed by atoms with Gasteiger partial charge in [-0.25, -0.2) is 4.98 Å². The van der Waals surface area contributed by atoms with E-state index < -0.39 is 0 Å². The van der Waals surface area contributed by atoms with E-state index in [4.69, 9.17) is 4.42 Å². The van der Waals surface area contributed by atoms with Gasteiger partial charge in [-0.15, -0.1) is 0 Å². The van der Waals surface area contributed by atoms with E-state index in [2.05, 4.69) is 9.97 Å². The number of hydrogen-bond donors (Lipinski definition) is 0. The molecule has 4 heteroatoms. The summed E-state index contributed by atoms with van der Waals surface area (Å²) >= 11 is 0. The van der Waals surface area contributed by atoms with E-state index in [0.717, 1.165) is 6.42 Å². The molecule has 0 saturated carbocycles. The van der Waals surface area contributed by atoms with Crippen molar-refractivity contribution in [3.8, 4) is 0 Å². The third-order valence-electron chi connectivity index (χ3n) is 1.91. The highest BCUT2D eigenvalue weighted by atomic mass is 16.4. The lowest BCUT2D eigenvalue weighted by molar-refractivity contribution is 0.492. The van der Waals surface area contributed by atoms with Crippen molar-refractivity contribution >= 4 is 11.1 Å². The zero-order valence-electron chi connectivity index (χ0n) is 7.86. The van der Waals surface area contributed by atoms with Gasteiger partial charge in [0.05, 0.1) is 0 Å². The van der Waals surface area contributed by atoms with E-state index in [1.54, 1.807) is 18.3 Å². The molecule has 2 aromatic heterocycles. The summed E-state index contributed by atoms with van der Waals surface area (Å²) in [6, 6.07) is 3.36. The summed E-state index contributed by atoms with van der Waals surface area (Å²) in [5.74, 6) is 0.462. The number of nitrogens with zero attached hydrogens (tertiary/aromatic N) is 2. The lowest BCUT2D eigenvalue weighted by Crippen LogP contribution is -2.09. The normalized spacial score (nSPS) is 10.6. The van der Waals surface area contributed by atoms with E-state index in [0.29, 0.717) is 23.4 Å². The molecule has 0 aliphatic rings. The molecule has 0 aliphatic heterocycles. The first-order valence-electron chi connectivity index (χ1n) is 4.56. The second kappa shape index (κ2) is 3.57. The molecule has 0 atom stereocenters. The van der Waals surface area contributed by atoms with Gasteiger partial charge >= 0.3 is 0 Å². The van der Waals surface area contributed by atoms with Crippen LogP contribution in [0.2, 0.25) is 0 Å². The highest BCUT2D eigenvalue weighted by Crippen LogP contribution is 2.07. The Morgan fingerprint density at radius 2 is 2.36 bits per heavy atom. The largest absolute Gasteiger partial charge is 0.424 e. The predicted molar refractivity (Wildman–Crippen MR) is 52.1 cm³/mol. The van der Waals surface area contributed by atoms with Gasteiger partial charge in [0.15, 0.2) is 5.89 Å². The molecule has 0 aromatic carbocycles. The molecule has 0 amide bonds. The Labute approximate surface area is 80.6 Å². The van der Waals surface area contributed by atoms with E-state index >= 15 is 0 Å². The average Bonchev–Trinajstić information content (AvgIpc) is 2.18. The van der Waals surface area contributed by atoms with Crippen LogP contribution in [0.15, 0.2) is 27.5 Å². The summed E-state index contributed by atoms with van der Waals surface area (Å²) in [6.45, 7) is 2.00. The van der Waals surface area contributed by atoms with Crippen molar-refractivity contribution in [1.82, 2.24) is 9.97 Å². The molecule has 2 heterocycles. The monoisotopic (exact) mass is 190 g/mol. The molecule has 2 rings (SSSR count). The third kappa shape index (κ3) is 1.51. The van der Waals surface area contributed by atoms with Gasteiger partial charge in [0, 0.05) is 12.6 Å². The molecule has 0 radical (unpaired) electrons. The molecule has 4 nitrogen and oxygen atoms in total. The molecule has 0 saturated heterocycles. The van der Waals surface area contributed by atoms with Crippen molar-refractivity contribution in [2.75, 3.05) is 0 Å². The Morgan fingerprint density at radius 3 is 3.14 bits per heavy atom. The lowest BCUT2D eigenvalue weighted by atomic mass is 10.3. The van der Waals surface area contributed by atoms with Crippen LogP contribution in [0.3, 0.4) is 0 Å². The molecular weight excluding hydrogens is 180 g/mol. The molecule has 2 aromatic rings. The minimum absolute atomic E-state index is 0.261. The van der Waals surface area contributed by atoms with Crippen molar-refractivity contribution < 1.29 is 4.42 Å². The van der Waals surface area contributed by atoms with Crippen molar-refractivity contribution in [2.24, 2.45) is 0 Å². The number of rotatable bonds is 2. The van der Waals surface area contributed by atoms with E-state index in [1.165, 1.54) is 0 Å². The first kappa shape index (κ1) is 8.87. The molecule has 0 aliphatic carbocycles. The van der Waals surface area contributed by atoms with Gasteiger partial charge in [0.25, 0.3) is 5.56 Å². The number of aryl methyl sites for hydroxylation is 1. The number of aromatic nitrogens is 2. The second-order valence-electron chi connectivity index (χ2n) is 3.02. The molecule has 72 valence electrons. The maximum Gasteiger partial charge on any atom is 0.285 e. The molecule has 0 spiro atoms. The highest BCUT2D eigenvalue weighted by Gasteiger charge is 2.05. The van der Waals surface area contributed by atoms with E-state index in [1.807, 2.05) is 6.92 Å². The minimum Gasteiger partial charge on any atom is -0.424 e. The van der Waals surface area contributed by atoms with Gasteiger partial charge in [-0.2, -0.15) is 4.98 Å². The van der Waals surface area contributed by atoms with Crippen LogP contribution in [0, 0.1) is 0 Å². The molecule has 0 N–H and O–H groups in total. The Kier molecular flexibility index (Phi) is 2.26. The van der Waals surface area contributed by atoms with E-state index in [-0.39, 0.29) is 5.56 Å². The Hall–Kier alpha value is -1.71. The van der Waals surface area contributed by atoms with Crippen molar-refractivity contribution in [3.05, 3.63) is 34.6 Å². The van der Waals surface area contributed by atoms with Crippen molar-refractivity contribution in [1.29, 1.82) is 0 Å². The molecular formula is C10H10N2O2. The molecule has 0 bridgehead atoms. The third-order valence-corrected chi connectivity index (χ3v) is 1.91. The lowest BCUT2D eigenvalue weighted by Gasteiger charge is -1.97. The highest BCUT2D eigenvalue weighted by molar-refractivity contribution is 5.70. The summed E-state index contributed by atoms with van der Waals surface area (Å²) in [4.78, 5) is 19.3. The van der Waals surface area contributed by atoms with Crippen LogP contribution in [-0.2, 0) is 6.42 Å². The summed E-state index contributed by atoms with van der Waals surface area (Å²) in [5, 5.41) is 0.437. The Morgan fingerprint density at radius 1 is 1.50 bits per heavy atom. The number of pyridine rings is 1. The standard InChI is InChI=1S/C10H10N2O2/c1-2-4-8-12-9(13)7-5-3-6-11-10(7)14-8/h3,5-6H,2,4H2,1H3. The quantitative estimate of drug-likeness (QED) is 0.720. The fourth-order valence-corrected chi connectivity index (χ4v) is 1.26. The summed E-state index contributed by atoms with van der Waals surface area (Å²) in [5.41, 5.74) is 0.110. The van der Waals surface area contributed by atoms with Crippen LogP contribution in [0.4, 0.5) is 0 Å². The first-order chi connectivity index (χ1) is 6.81. The molecule has 14 heavy (non-hydrogen) atoms. The fourth-order valence-electron chi connectivity index (χ4n) is 1.26.